The predicted octanol–water partition coefficient (Wildman–Crippen LogP) is 1.84. The van der Waals surface area contributed by atoms with Crippen LogP contribution in [-0.4, -0.2) is 44.4 Å². The first kappa shape index (κ1) is 18.7. The molecule has 0 unspecified atom stereocenters. The third-order valence-corrected chi connectivity index (χ3v) is 2.90. The first-order valence-electron chi connectivity index (χ1n) is 7.41. The van der Waals surface area contributed by atoms with Crippen molar-refractivity contribution in [1.82, 2.24) is 15.1 Å². The Kier molecular flexibility index (Phi) is 6.29. The van der Waals surface area contributed by atoms with Crippen LogP contribution in [-0.2, 0) is 16.1 Å². The summed E-state index contributed by atoms with van der Waals surface area (Å²) in [4.78, 5) is 34.8. The lowest BCUT2D eigenvalue weighted by Crippen LogP contribution is -2.43. The Morgan fingerprint density at radius 1 is 1.39 bits per heavy atom. The van der Waals surface area contributed by atoms with Crippen LogP contribution in [0, 0.1) is 0 Å². The number of carbonyl (C=O) groups is 3. The number of hydrogen-bond acceptors (Lipinski definition) is 5. The fourth-order valence-corrected chi connectivity index (χ4v) is 1.80. The maximum absolute atomic E-state index is 12.0. The smallest absolute Gasteiger partial charge is 0.408 e. The van der Waals surface area contributed by atoms with Gasteiger partial charge in [0.2, 0.25) is 0 Å². The second kappa shape index (κ2) is 7.75. The quantitative estimate of drug-likeness (QED) is 0.740. The number of aromatic nitrogens is 2. The minimum atomic E-state index is -1.22. The molecule has 0 saturated heterocycles. The molecule has 1 aromatic rings. The van der Waals surface area contributed by atoms with Crippen molar-refractivity contribution in [1.29, 1.82) is 0 Å². The van der Waals surface area contributed by atoms with Crippen LogP contribution in [0.5, 0.6) is 0 Å². The third kappa shape index (κ3) is 6.50. The molecule has 0 aliphatic heterocycles. The summed E-state index contributed by atoms with van der Waals surface area (Å²) in [5, 5.41) is 15.5. The van der Waals surface area contributed by atoms with E-state index in [1.54, 1.807) is 37.7 Å². The van der Waals surface area contributed by atoms with Gasteiger partial charge in [0.25, 0.3) is 0 Å². The minimum Gasteiger partial charge on any atom is -0.480 e. The van der Waals surface area contributed by atoms with Crippen molar-refractivity contribution in [3.63, 3.8) is 0 Å². The summed E-state index contributed by atoms with van der Waals surface area (Å²) in [5.41, 5.74) is -0.441. The van der Waals surface area contributed by atoms with Crippen molar-refractivity contribution < 1.29 is 24.2 Å². The van der Waals surface area contributed by atoms with Gasteiger partial charge in [-0.1, -0.05) is 0 Å². The number of carbonyl (C=O) groups excluding carboxylic acids is 2. The van der Waals surface area contributed by atoms with E-state index in [1.807, 2.05) is 6.92 Å². The fourth-order valence-electron chi connectivity index (χ4n) is 1.80. The summed E-state index contributed by atoms with van der Waals surface area (Å²) in [5.74, 6) is -1.49. The predicted molar refractivity (Wildman–Crippen MR) is 82.3 cm³/mol. The molecule has 0 radical (unpaired) electrons. The van der Waals surface area contributed by atoms with Crippen LogP contribution in [0.3, 0.4) is 0 Å². The lowest BCUT2D eigenvalue weighted by Gasteiger charge is -2.21. The summed E-state index contributed by atoms with van der Waals surface area (Å²) >= 11 is 0. The van der Waals surface area contributed by atoms with Crippen LogP contribution >= 0.6 is 0 Å². The lowest BCUT2D eigenvalue weighted by molar-refractivity contribution is -0.139. The van der Waals surface area contributed by atoms with Crippen LogP contribution < -0.4 is 5.32 Å². The number of ketones is 1. The number of ether oxygens (including phenoxy) is 1. The van der Waals surface area contributed by atoms with E-state index in [2.05, 4.69) is 10.4 Å². The Morgan fingerprint density at radius 2 is 2.04 bits per heavy atom. The van der Waals surface area contributed by atoms with Crippen molar-refractivity contribution in [2.45, 2.75) is 58.7 Å². The minimum absolute atomic E-state index is 0.0342. The summed E-state index contributed by atoms with van der Waals surface area (Å²) < 4.78 is 6.63. The van der Waals surface area contributed by atoms with Crippen molar-refractivity contribution >= 4 is 17.8 Å². The van der Waals surface area contributed by atoms with E-state index in [4.69, 9.17) is 9.84 Å². The van der Waals surface area contributed by atoms with Gasteiger partial charge in [0.1, 0.15) is 17.3 Å². The first-order valence-corrected chi connectivity index (χ1v) is 7.41. The normalized spacial score (nSPS) is 12.5. The summed E-state index contributed by atoms with van der Waals surface area (Å²) in [7, 11) is 0. The average Bonchev–Trinajstić information content (AvgIpc) is 2.89. The number of nitrogens with zero attached hydrogens (tertiary/aromatic N) is 2. The topological polar surface area (TPSA) is 111 Å². The van der Waals surface area contributed by atoms with Crippen LogP contribution in [0.2, 0.25) is 0 Å². The fraction of sp³-hybridized carbons (Fsp3) is 0.600. The molecule has 0 aliphatic carbocycles. The second-order valence-electron chi connectivity index (χ2n) is 6.06. The zero-order valence-electron chi connectivity index (χ0n) is 13.8. The van der Waals surface area contributed by atoms with Crippen LogP contribution in [0.1, 0.15) is 51.0 Å². The molecule has 2 N–H and O–H groups in total. The summed E-state index contributed by atoms with van der Waals surface area (Å²) in [6, 6.07) is 0.394. The number of amides is 1. The van der Waals surface area contributed by atoms with Gasteiger partial charge in [0.15, 0.2) is 5.78 Å². The summed E-state index contributed by atoms with van der Waals surface area (Å²) in [6.07, 6.45) is 0.786. The van der Waals surface area contributed by atoms with E-state index >= 15 is 0 Å². The van der Waals surface area contributed by atoms with Gasteiger partial charge < -0.3 is 15.2 Å². The molecule has 1 amide bonds. The Morgan fingerprint density at radius 3 is 2.52 bits per heavy atom. The number of alkyl carbamates (subject to hydrolysis) is 1. The lowest BCUT2D eigenvalue weighted by atomic mass is 10.1. The van der Waals surface area contributed by atoms with Gasteiger partial charge in [-0.15, -0.1) is 0 Å². The zero-order chi connectivity index (χ0) is 17.6. The standard InChI is InChI=1S/C15H23N3O5/c1-5-18-9-8-10(17-18)12(19)7-6-11(13(20)21)16-14(22)23-15(2,3)4/h8-9,11H,5-7H2,1-4H3,(H,16,22)(H,20,21)/t11-/m0/s1. The van der Waals surface area contributed by atoms with Gasteiger partial charge in [-0.05, 0) is 40.2 Å². The molecule has 1 aromatic heterocycles. The molecule has 0 bridgehead atoms. The molecular formula is C15H23N3O5. The largest absolute Gasteiger partial charge is 0.480 e. The monoisotopic (exact) mass is 325 g/mol. The molecule has 0 saturated carbocycles. The Labute approximate surface area is 134 Å². The second-order valence-corrected chi connectivity index (χ2v) is 6.06. The van der Waals surface area contributed by atoms with Gasteiger partial charge >= 0.3 is 12.1 Å². The van der Waals surface area contributed by atoms with Gasteiger partial charge in [-0.25, -0.2) is 9.59 Å². The van der Waals surface area contributed by atoms with E-state index in [-0.39, 0.29) is 24.3 Å². The molecule has 0 fully saturated rings. The Bertz CT molecular complexity index is 574. The maximum Gasteiger partial charge on any atom is 0.408 e. The van der Waals surface area contributed by atoms with Crippen molar-refractivity contribution in [2.75, 3.05) is 0 Å². The molecule has 8 nitrogen and oxygen atoms in total. The van der Waals surface area contributed by atoms with Gasteiger partial charge in [-0.2, -0.15) is 5.10 Å². The highest BCUT2D eigenvalue weighted by Crippen LogP contribution is 2.09. The van der Waals surface area contributed by atoms with E-state index in [0.717, 1.165) is 0 Å². The number of carboxylic acid groups (broad SMARTS) is 1. The molecule has 0 aliphatic rings. The average molecular weight is 325 g/mol. The highest BCUT2D eigenvalue weighted by atomic mass is 16.6. The molecule has 1 atom stereocenters. The third-order valence-electron chi connectivity index (χ3n) is 2.90. The van der Waals surface area contributed by atoms with Crippen molar-refractivity contribution in [3.8, 4) is 0 Å². The van der Waals surface area contributed by atoms with Crippen molar-refractivity contribution in [3.05, 3.63) is 18.0 Å². The number of nitrogens with one attached hydrogen (secondary N) is 1. The highest BCUT2D eigenvalue weighted by molar-refractivity contribution is 5.94. The van der Waals surface area contributed by atoms with Gasteiger partial charge in [0, 0.05) is 19.2 Å². The van der Waals surface area contributed by atoms with Crippen molar-refractivity contribution in [2.24, 2.45) is 0 Å². The molecular weight excluding hydrogens is 302 g/mol. The van der Waals surface area contributed by atoms with E-state index in [0.29, 0.717) is 6.54 Å². The SMILES string of the molecule is CCn1ccc(C(=O)CC[C@H](NC(=O)OC(C)(C)C)C(=O)O)n1. The van der Waals surface area contributed by atoms with E-state index in [1.165, 1.54) is 0 Å². The molecule has 0 aromatic carbocycles. The maximum atomic E-state index is 12.0. The number of carboxylic acids is 1. The summed E-state index contributed by atoms with van der Waals surface area (Å²) in [6.45, 7) is 7.57. The van der Waals surface area contributed by atoms with E-state index in [9.17, 15) is 14.4 Å². The van der Waals surface area contributed by atoms with Crippen LogP contribution in [0.4, 0.5) is 4.79 Å². The highest BCUT2D eigenvalue weighted by Gasteiger charge is 2.25. The molecule has 1 rings (SSSR count). The molecule has 1 heterocycles. The number of aliphatic carboxylic acids is 1. The Balaban J connectivity index is 2.57. The number of aryl methyl sites for hydroxylation is 1. The van der Waals surface area contributed by atoms with Gasteiger partial charge in [0.05, 0.1) is 0 Å². The number of hydrogen-bond donors (Lipinski definition) is 2. The van der Waals surface area contributed by atoms with E-state index < -0.39 is 23.7 Å². The number of rotatable bonds is 7. The number of Topliss-reactive ketones (excluding diaryl/α,β-unsaturated/α-hetero) is 1. The molecule has 23 heavy (non-hydrogen) atoms. The Hall–Kier alpha value is -2.38. The zero-order valence-corrected chi connectivity index (χ0v) is 13.8. The first-order chi connectivity index (χ1) is 10.6. The molecule has 0 spiro atoms. The van der Waals surface area contributed by atoms with Gasteiger partial charge in [-0.3, -0.25) is 9.48 Å². The molecule has 8 heteroatoms. The van der Waals surface area contributed by atoms with Crippen LogP contribution in [0.15, 0.2) is 12.3 Å². The van der Waals surface area contributed by atoms with Crippen LogP contribution in [0.25, 0.3) is 0 Å². The molecule has 128 valence electrons.